The number of hydrogen-bond acceptors (Lipinski definition) is 7. The van der Waals surface area contributed by atoms with Gasteiger partial charge in [0.15, 0.2) is 0 Å². The number of carbonyl (C=O) groups excluding carboxylic acids is 4. The first kappa shape index (κ1) is 29.3. The highest BCUT2D eigenvalue weighted by Gasteiger charge is 2.35. The minimum Gasteiger partial charge on any atom is -0.468 e. The largest absolute Gasteiger partial charge is 0.468 e. The predicted molar refractivity (Wildman–Crippen MR) is 133 cm³/mol. The molecule has 2 unspecified atom stereocenters. The van der Waals surface area contributed by atoms with Crippen molar-refractivity contribution in [1.82, 2.24) is 15.5 Å². The maximum absolute atomic E-state index is 13.6. The lowest BCUT2D eigenvalue weighted by molar-refractivity contribution is -0.144. The van der Waals surface area contributed by atoms with Gasteiger partial charge in [-0.25, -0.2) is 4.79 Å². The number of carbonyl (C=O) groups is 4. The molecule has 1 aromatic rings. The standard InChI is InChI=1S/C24H37N3O6S/c1-8-11-27(22(30)18(14-34)26-23(31)33-24(4,5)6)20(21(29)25-13-19(28)32-7)17-10-9-15(2)16(3)12-17/h9-10,12,18,20,34H,8,11,13-14H2,1-7H3,(H,25,29)(H,26,31). The summed E-state index contributed by atoms with van der Waals surface area (Å²) in [5.41, 5.74) is 1.82. The highest BCUT2D eigenvalue weighted by molar-refractivity contribution is 7.80. The Morgan fingerprint density at radius 1 is 1.12 bits per heavy atom. The zero-order valence-electron chi connectivity index (χ0n) is 21.1. The van der Waals surface area contributed by atoms with Crippen molar-refractivity contribution < 1.29 is 28.7 Å². The normalized spacial score (nSPS) is 12.8. The Morgan fingerprint density at radius 3 is 2.26 bits per heavy atom. The number of amides is 3. The number of benzene rings is 1. The number of esters is 1. The van der Waals surface area contributed by atoms with Gasteiger partial charge in [-0.1, -0.05) is 25.1 Å². The molecule has 2 atom stereocenters. The van der Waals surface area contributed by atoms with Crippen LogP contribution in [0, 0.1) is 13.8 Å². The van der Waals surface area contributed by atoms with Crippen molar-refractivity contribution in [2.45, 2.75) is 65.6 Å². The lowest BCUT2D eigenvalue weighted by Gasteiger charge is -2.34. The molecule has 2 N–H and O–H groups in total. The Labute approximate surface area is 207 Å². The van der Waals surface area contributed by atoms with Gasteiger partial charge < -0.3 is 25.0 Å². The van der Waals surface area contributed by atoms with E-state index in [0.717, 1.165) is 11.1 Å². The molecule has 0 saturated carbocycles. The zero-order chi connectivity index (χ0) is 26.1. The highest BCUT2D eigenvalue weighted by atomic mass is 32.1. The molecule has 0 fully saturated rings. The quantitative estimate of drug-likeness (QED) is 0.340. The molecule has 10 heteroatoms. The van der Waals surface area contributed by atoms with Crippen molar-refractivity contribution in [2.24, 2.45) is 0 Å². The van der Waals surface area contributed by atoms with Crippen LogP contribution in [0.25, 0.3) is 0 Å². The second-order valence-electron chi connectivity index (χ2n) is 8.95. The Morgan fingerprint density at radius 2 is 1.76 bits per heavy atom. The molecule has 0 heterocycles. The lowest BCUT2D eigenvalue weighted by Crippen LogP contribution is -2.54. The van der Waals surface area contributed by atoms with Crippen molar-refractivity contribution in [2.75, 3.05) is 26.0 Å². The molecule has 1 aromatic carbocycles. The number of nitrogens with one attached hydrogen (secondary N) is 2. The van der Waals surface area contributed by atoms with Crippen LogP contribution in [-0.2, 0) is 23.9 Å². The van der Waals surface area contributed by atoms with Gasteiger partial charge in [-0.05, 0) is 57.7 Å². The number of methoxy groups -OCH3 is 1. The number of rotatable bonds is 10. The smallest absolute Gasteiger partial charge is 0.408 e. The van der Waals surface area contributed by atoms with E-state index in [0.29, 0.717) is 12.0 Å². The number of ether oxygens (including phenoxy) is 2. The molecule has 190 valence electrons. The van der Waals surface area contributed by atoms with E-state index in [9.17, 15) is 19.2 Å². The third-order valence-corrected chi connectivity index (χ3v) is 5.33. The molecule has 34 heavy (non-hydrogen) atoms. The van der Waals surface area contributed by atoms with Gasteiger partial charge >= 0.3 is 12.1 Å². The van der Waals surface area contributed by atoms with E-state index in [-0.39, 0.29) is 18.8 Å². The van der Waals surface area contributed by atoms with Crippen molar-refractivity contribution in [1.29, 1.82) is 0 Å². The van der Waals surface area contributed by atoms with Crippen LogP contribution in [0.5, 0.6) is 0 Å². The fourth-order valence-electron chi connectivity index (χ4n) is 3.18. The summed E-state index contributed by atoms with van der Waals surface area (Å²) in [6, 6.07) is 3.43. The minimum absolute atomic E-state index is 0.00170. The Balaban J connectivity index is 3.36. The third-order valence-electron chi connectivity index (χ3n) is 4.96. The van der Waals surface area contributed by atoms with Crippen LogP contribution in [0.15, 0.2) is 18.2 Å². The van der Waals surface area contributed by atoms with E-state index in [2.05, 4.69) is 28.0 Å². The summed E-state index contributed by atoms with van der Waals surface area (Å²) in [6.45, 7) is 10.8. The molecular formula is C24H37N3O6S. The summed E-state index contributed by atoms with van der Waals surface area (Å²) in [6.07, 6.45) is -0.197. The Kier molecular flexibility index (Phi) is 11.4. The highest BCUT2D eigenvalue weighted by Crippen LogP contribution is 2.25. The van der Waals surface area contributed by atoms with E-state index in [1.807, 2.05) is 32.9 Å². The molecular weight excluding hydrogens is 458 g/mol. The molecule has 1 rings (SSSR count). The molecule has 0 radical (unpaired) electrons. The minimum atomic E-state index is -1.03. The summed E-state index contributed by atoms with van der Waals surface area (Å²) < 4.78 is 9.88. The van der Waals surface area contributed by atoms with Crippen LogP contribution in [0.1, 0.15) is 56.8 Å². The van der Waals surface area contributed by atoms with Crippen LogP contribution in [-0.4, -0.2) is 66.4 Å². The van der Waals surface area contributed by atoms with Gasteiger partial charge in [-0.3, -0.25) is 14.4 Å². The Hall–Kier alpha value is -2.75. The summed E-state index contributed by atoms with van der Waals surface area (Å²) in [5, 5.41) is 5.10. The van der Waals surface area contributed by atoms with Gasteiger partial charge in [0.05, 0.1) is 7.11 Å². The first-order valence-corrected chi connectivity index (χ1v) is 11.8. The monoisotopic (exact) mass is 495 g/mol. The maximum atomic E-state index is 13.6. The molecule has 0 bridgehead atoms. The maximum Gasteiger partial charge on any atom is 0.408 e. The molecule has 0 aliphatic heterocycles. The van der Waals surface area contributed by atoms with Gasteiger partial charge in [-0.2, -0.15) is 12.6 Å². The SMILES string of the molecule is CCCN(C(=O)C(CS)NC(=O)OC(C)(C)C)C(C(=O)NCC(=O)OC)c1ccc(C)c(C)c1. The van der Waals surface area contributed by atoms with Gasteiger partial charge in [-0.15, -0.1) is 0 Å². The summed E-state index contributed by atoms with van der Waals surface area (Å²) >= 11 is 4.24. The summed E-state index contributed by atoms with van der Waals surface area (Å²) in [7, 11) is 1.22. The molecule has 9 nitrogen and oxygen atoms in total. The lowest BCUT2D eigenvalue weighted by atomic mass is 9.98. The number of hydrogen-bond donors (Lipinski definition) is 3. The molecule has 0 aliphatic rings. The molecule has 0 spiro atoms. The van der Waals surface area contributed by atoms with Crippen LogP contribution in [0.4, 0.5) is 4.79 Å². The van der Waals surface area contributed by atoms with Crippen LogP contribution < -0.4 is 10.6 Å². The number of nitrogens with zero attached hydrogens (tertiary/aromatic N) is 1. The van der Waals surface area contributed by atoms with Crippen molar-refractivity contribution >= 4 is 36.5 Å². The van der Waals surface area contributed by atoms with Crippen molar-refractivity contribution in [3.8, 4) is 0 Å². The second-order valence-corrected chi connectivity index (χ2v) is 9.32. The number of aryl methyl sites for hydroxylation is 2. The molecule has 0 aliphatic carbocycles. The van der Waals surface area contributed by atoms with E-state index in [1.165, 1.54) is 12.0 Å². The van der Waals surface area contributed by atoms with E-state index >= 15 is 0 Å². The number of alkyl carbamates (subject to hydrolysis) is 1. The van der Waals surface area contributed by atoms with Crippen LogP contribution in [0.3, 0.4) is 0 Å². The predicted octanol–water partition coefficient (Wildman–Crippen LogP) is 2.70. The molecule has 0 saturated heterocycles. The van der Waals surface area contributed by atoms with E-state index < -0.39 is 41.6 Å². The van der Waals surface area contributed by atoms with Crippen molar-refractivity contribution in [3.05, 3.63) is 34.9 Å². The molecule has 0 aromatic heterocycles. The average Bonchev–Trinajstić information content (AvgIpc) is 2.76. The summed E-state index contributed by atoms with van der Waals surface area (Å²) in [4.78, 5) is 52.1. The molecule has 3 amide bonds. The van der Waals surface area contributed by atoms with Gasteiger partial charge in [0.25, 0.3) is 0 Å². The van der Waals surface area contributed by atoms with Crippen LogP contribution in [0.2, 0.25) is 0 Å². The zero-order valence-corrected chi connectivity index (χ0v) is 22.0. The van der Waals surface area contributed by atoms with Crippen molar-refractivity contribution in [3.63, 3.8) is 0 Å². The van der Waals surface area contributed by atoms with Gasteiger partial charge in [0, 0.05) is 12.3 Å². The Bertz CT molecular complexity index is 884. The number of thiol groups is 1. The van der Waals surface area contributed by atoms with Gasteiger partial charge in [0.1, 0.15) is 24.2 Å². The van der Waals surface area contributed by atoms with E-state index in [1.54, 1.807) is 26.8 Å². The first-order chi connectivity index (χ1) is 15.8. The van der Waals surface area contributed by atoms with Gasteiger partial charge in [0.2, 0.25) is 11.8 Å². The third kappa shape index (κ3) is 8.89. The average molecular weight is 496 g/mol. The fourth-order valence-corrected chi connectivity index (χ4v) is 3.43. The second kappa shape index (κ2) is 13.2. The topological polar surface area (TPSA) is 114 Å². The fraction of sp³-hybridized carbons (Fsp3) is 0.583. The van der Waals surface area contributed by atoms with E-state index in [4.69, 9.17) is 4.74 Å². The first-order valence-electron chi connectivity index (χ1n) is 11.2. The summed E-state index contributed by atoms with van der Waals surface area (Å²) in [5.74, 6) is -1.63. The van der Waals surface area contributed by atoms with Crippen LogP contribution >= 0.6 is 12.6 Å².